The van der Waals surface area contributed by atoms with E-state index in [1.54, 1.807) is 0 Å². The molecule has 1 rings (SSSR count). The summed E-state index contributed by atoms with van der Waals surface area (Å²) >= 11 is 0. The lowest BCUT2D eigenvalue weighted by Gasteiger charge is -2.09. The van der Waals surface area contributed by atoms with Crippen molar-refractivity contribution >= 4 is 0 Å². The van der Waals surface area contributed by atoms with Crippen LogP contribution in [-0.4, -0.2) is 15.8 Å². The Hall–Kier alpha value is -1.09. The summed E-state index contributed by atoms with van der Waals surface area (Å²) in [6.07, 6.45) is 2.07. The van der Waals surface area contributed by atoms with Crippen LogP contribution in [0, 0.1) is 13.8 Å². The summed E-state index contributed by atoms with van der Waals surface area (Å²) in [5.41, 5.74) is 9.41. The van der Waals surface area contributed by atoms with Crippen molar-refractivity contribution in [2.24, 2.45) is 5.73 Å². The molecule has 1 atom stereocenters. The molecule has 1 unspecified atom stereocenters. The van der Waals surface area contributed by atoms with Gasteiger partial charge in [-0.15, -0.1) is 0 Å². The smallest absolute Gasteiger partial charge is 0.0599 e. The van der Waals surface area contributed by atoms with E-state index in [1.807, 2.05) is 11.6 Å². The van der Waals surface area contributed by atoms with Crippen LogP contribution in [-0.2, 0) is 6.54 Å². The quantitative estimate of drug-likeness (QED) is 0.744. The lowest BCUT2D eigenvalue weighted by Crippen LogP contribution is -2.25. The highest BCUT2D eigenvalue weighted by Gasteiger charge is 2.04. The van der Waals surface area contributed by atoms with Crippen LogP contribution >= 0.6 is 0 Å². The molecule has 0 aromatic carbocycles. The van der Waals surface area contributed by atoms with Gasteiger partial charge in [0.05, 0.1) is 12.2 Å². The van der Waals surface area contributed by atoms with E-state index in [9.17, 15) is 0 Å². The number of hydrogen-bond acceptors (Lipinski definition) is 2. The molecule has 0 amide bonds. The number of rotatable bonds is 3. The topological polar surface area (TPSA) is 43.8 Å². The molecular weight excluding hydrogens is 174 g/mol. The van der Waals surface area contributed by atoms with E-state index in [-0.39, 0.29) is 6.04 Å². The average molecular weight is 193 g/mol. The molecule has 0 fully saturated rings. The highest BCUT2D eigenvalue weighted by atomic mass is 15.3. The molecule has 0 spiro atoms. The first-order chi connectivity index (χ1) is 6.49. The summed E-state index contributed by atoms with van der Waals surface area (Å²) in [5, 5.41) is 4.36. The second-order valence-corrected chi connectivity index (χ2v) is 4.02. The van der Waals surface area contributed by atoms with Crippen LogP contribution in [0.2, 0.25) is 0 Å². The Morgan fingerprint density at radius 2 is 2.21 bits per heavy atom. The van der Waals surface area contributed by atoms with Gasteiger partial charge >= 0.3 is 0 Å². The first kappa shape index (κ1) is 11.0. The van der Waals surface area contributed by atoms with E-state index in [1.165, 1.54) is 11.3 Å². The zero-order valence-corrected chi connectivity index (χ0v) is 9.41. The summed E-state index contributed by atoms with van der Waals surface area (Å²) in [6.45, 7) is 8.91. The van der Waals surface area contributed by atoms with E-state index in [4.69, 9.17) is 5.73 Å². The predicted molar refractivity (Wildman–Crippen MR) is 59.1 cm³/mol. The highest BCUT2D eigenvalue weighted by molar-refractivity contribution is 5.08. The Morgan fingerprint density at radius 1 is 1.57 bits per heavy atom. The number of aryl methyl sites for hydroxylation is 2. The fourth-order valence-corrected chi connectivity index (χ4v) is 1.54. The third kappa shape index (κ3) is 3.00. The van der Waals surface area contributed by atoms with E-state index in [2.05, 4.69) is 38.0 Å². The molecule has 1 heterocycles. The van der Waals surface area contributed by atoms with Gasteiger partial charge < -0.3 is 5.73 Å². The van der Waals surface area contributed by atoms with Crippen LogP contribution in [0.1, 0.15) is 25.2 Å². The van der Waals surface area contributed by atoms with Crippen LogP contribution in [0.4, 0.5) is 0 Å². The number of nitrogens with zero attached hydrogens (tertiary/aromatic N) is 2. The number of hydrogen-bond donors (Lipinski definition) is 1. The van der Waals surface area contributed by atoms with Crippen molar-refractivity contribution in [3.63, 3.8) is 0 Å². The third-order valence-corrected chi connectivity index (χ3v) is 2.03. The van der Waals surface area contributed by atoms with Gasteiger partial charge in [-0.1, -0.05) is 11.6 Å². The number of nitrogens with two attached hydrogens (primary N) is 1. The lowest BCUT2D eigenvalue weighted by atomic mass is 10.2. The minimum Gasteiger partial charge on any atom is -0.323 e. The molecule has 0 aliphatic heterocycles. The summed E-state index contributed by atoms with van der Waals surface area (Å²) in [6, 6.07) is 2.12. The van der Waals surface area contributed by atoms with Crippen molar-refractivity contribution in [1.82, 2.24) is 9.78 Å². The molecule has 0 saturated heterocycles. The summed E-state index contributed by atoms with van der Waals surface area (Å²) in [5.74, 6) is 0. The largest absolute Gasteiger partial charge is 0.323 e. The minimum absolute atomic E-state index is 0.0537. The molecule has 0 aliphatic carbocycles. The van der Waals surface area contributed by atoms with Crippen LogP contribution < -0.4 is 5.73 Å². The van der Waals surface area contributed by atoms with Gasteiger partial charge in [0.1, 0.15) is 0 Å². The molecule has 1 aromatic heterocycles. The molecule has 78 valence electrons. The van der Waals surface area contributed by atoms with E-state index < -0.39 is 0 Å². The van der Waals surface area contributed by atoms with Crippen LogP contribution in [0.25, 0.3) is 0 Å². The zero-order valence-electron chi connectivity index (χ0n) is 9.41. The van der Waals surface area contributed by atoms with Crippen LogP contribution in [0.3, 0.4) is 0 Å². The monoisotopic (exact) mass is 193 g/mol. The zero-order chi connectivity index (χ0) is 10.7. The van der Waals surface area contributed by atoms with Gasteiger partial charge in [0.15, 0.2) is 0 Å². The van der Waals surface area contributed by atoms with Gasteiger partial charge in [-0.25, -0.2) is 0 Å². The maximum absolute atomic E-state index is 5.95. The maximum atomic E-state index is 5.95. The Kier molecular flexibility index (Phi) is 3.47. The molecule has 14 heavy (non-hydrogen) atoms. The molecule has 2 N–H and O–H groups in total. The van der Waals surface area contributed by atoms with Crippen molar-refractivity contribution < 1.29 is 0 Å². The van der Waals surface area contributed by atoms with Crippen LogP contribution in [0.5, 0.6) is 0 Å². The minimum atomic E-state index is 0.0537. The van der Waals surface area contributed by atoms with Gasteiger partial charge in [-0.3, -0.25) is 4.68 Å². The van der Waals surface area contributed by atoms with Gasteiger partial charge in [0, 0.05) is 11.7 Å². The Balaban J connectivity index is 2.69. The van der Waals surface area contributed by atoms with Gasteiger partial charge in [0.2, 0.25) is 0 Å². The number of aromatic nitrogens is 2. The Labute approximate surface area is 85.6 Å². The standard InChI is InChI=1S/C11H19N3/c1-8(2)5-11(12)7-14-10(4)6-9(3)13-14/h5-6,11H,7,12H2,1-4H3. The summed E-state index contributed by atoms with van der Waals surface area (Å²) < 4.78 is 1.96. The maximum Gasteiger partial charge on any atom is 0.0599 e. The van der Waals surface area contributed by atoms with Crippen molar-refractivity contribution in [2.75, 3.05) is 0 Å². The molecule has 0 bridgehead atoms. The second kappa shape index (κ2) is 4.42. The molecular formula is C11H19N3. The fraction of sp³-hybridized carbons (Fsp3) is 0.545. The summed E-state index contributed by atoms with van der Waals surface area (Å²) in [4.78, 5) is 0. The molecule has 3 nitrogen and oxygen atoms in total. The van der Waals surface area contributed by atoms with Gasteiger partial charge in [0.25, 0.3) is 0 Å². The molecule has 1 aromatic rings. The summed E-state index contributed by atoms with van der Waals surface area (Å²) in [7, 11) is 0. The van der Waals surface area contributed by atoms with Crippen molar-refractivity contribution in [2.45, 2.75) is 40.3 Å². The highest BCUT2D eigenvalue weighted by Crippen LogP contribution is 2.03. The average Bonchev–Trinajstić information content (AvgIpc) is 2.28. The van der Waals surface area contributed by atoms with E-state index >= 15 is 0 Å². The van der Waals surface area contributed by atoms with Gasteiger partial charge in [-0.2, -0.15) is 5.10 Å². The molecule has 3 heteroatoms. The van der Waals surface area contributed by atoms with Crippen molar-refractivity contribution in [3.8, 4) is 0 Å². The van der Waals surface area contributed by atoms with Crippen molar-refractivity contribution in [3.05, 3.63) is 29.1 Å². The van der Waals surface area contributed by atoms with E-state index in [0.29, 0.717) is 0 Å². The number of allylic oxidation sites excluding steroid dienone is 1. The predicted octanol–water partition coefficient (Wildman–Crippen LogP) is 1.79. The third-order valence-electron chi connectivity index (χ3n) is 2.03. The van der Waals surface area contributed by atoms with E-state index in [0.717, 1.165) is 12.2 Å². The molecule has 0 saturated carbocycles. The fourth-order valence-electron chi connectivity index (χ4n) is 1.54. The van der Waals surface area contributed by atoms with Crippen molar-refractivity contribution in [1.29, 1.82) is 0 Å². The molecule has 0 aliphatic rings. The lowest BCUT2D eigenvalue weighted by molar-refractivity contribution is 0.551. The first-order valence-electron chi connectivity index (χ1n) is 4.90. The normalized spacial score (nSPS) is 12.6. The molecule has 0 radical (unpaired) electrons. The first-order valence-corrected chi connectivity index (χ1v) is 4.90. The van der Waals surface area contributed by atoms with Crippen LogP contribution in [0.15, 0.2) is 17.7 Å². The SMILES string of the molecule is CC(C)=CC(N)Cn1nc(C)cc1C. The Morgan fingerprint density at radius 3 is 2.64 bits per heavy atom. The Bertz CT molecular complexity index is 332. The second-order valence-electron chi connectivity index (χ2n) is 4.02. The van der Waals surface area contributed by atoms with Gasteiger partial charge in [-0.05, 0) is 33.8 Å².